The Morgan fingerprint density at radius 2 is 2.19 bits per heavy atom. The first-order valence-corrected chi connectivity index (χ1v) is 7.41. The average molecular weight is 322 g/mol. The lowest BCUT2D eigenvalue weighted by atomic mass is 10.1. The van der Waals surface area contributed by atoms with E-state index in [9.17, 15) is 4.79 Å². The highest BCUT2D eigenvalue weighted by Crippen LogP contribution is 2.49. The predicted molar refractivity (Wildman–Crippen MR) is 81.7 cm³/mol. The van der Waals surface area contributed by atoms with E-state index in [1.165, 1.54) is 6.20 Å². The number of benzene rings is 1. The fourth-order valence-corrected chi connectivity index (χ4v) is 2.94. The summed E-state index contributed by atoms with van der Waals surface area (Å²) in [5.74, 6) is 0.595. The summed E-state index contributed by atoms with van der Waals surface area (Å²) in [5, 5.41) is 11.7. The van der Waals surface area contributed by atoms with Gasteiger partial charge in [-0.3, -0.25) is 4.79 Å². The molecule has 1 aliphatic rings. The monoisotopic (exact) mass is 321 g/mol. The second-order valence-corrected chi connectivity index (χ2v) is 5.93. The Kier molecular flexibility index (Phi) is 4.08. The van der Waals surface area contributed by atoms with Crippen molar-refractivity contribution in [1.82, 2.24) is 15.5 Å². The van der Waals surface area contributed by atoms with E-state index in [0.29, 0.717) is 34.1 Å². The molecule has 2 atom stereocenters. The van der Waals surface area contributed by atoms with E-state index in [1.807, 2.05) is 12.1 Å². The molecule has 0 saturated heterocycles. The molecule has 1 N–H and O–H groups in total. The van der Waals surface area contributed by atoms with Gasteiger partial charge in [-0.2, -0.15) is 5.10 Å². The summed E-state index contributed by atoms with van der Waals surface area (Å²) in [6.07, 6.45) is 2.55. The third kappa shape index (κ3) is 3.34. The van der Waals surface area contributed by atoms with Gasteiger partial charge in [-0.1, -0.05) is 29.3 Å². The van der Waals surface area contributed by atoms with E-state index in [2.05, 4.69) is 15.5 Å². The summed E-state index contributed by atoms with van der Waals surface area (Å²) in [5.41, 5.74) is 1.43. The normalized spacial score (nSPS) is 20.1. The van der Waals surface area contributed by atoms with Crippen LogP contribution in [-0.4, -0.2) is 22.6 Å². The van der Waals surface area contributed by atoms with Gasteiger partial charge in [0.25, 0.3) is 5.91 Å². The van der Waals surface area contributed by atoms with E-state index < -0.39 is 0 Å². The average Bonchev–Trinajstić information content (AvgIpc) is 3.25. The van der Waals surface area contributed by atoms with E-state index in [1.54, 1.807) is 18.2 Å². The number of halogens is 2. The van der Waals surface area contributed by atoms with E-state index in [4.69, 9.17) is 23.2 Å². The van der Waals surface area contributed by atoms with E-state index >= 15 is 0 Å². The quantitative estimate of drug-likeness (QED) is 0.939. The number of amides is 1. The summed E-state index contributed by atoms with van der Waals surface area (Å²) >= 11 is 12.1. The predicted octanol–water partition coefficient (Wildman–Crippen LogP) is 3.32. The minimum atomic E-state index is -0.198. The maximum Gasteiger partial charge on any atom is 0.271 e. The van der Waals surface area contributed by atoms with Gasteiger partial charge in [0.1, 0.15) is 0 Å². The van der Waals surface area contributed by atoms with Crippen molar-refractivity contribution in [1.29, 1.82) is 0 Å². The first-order chi connectivity index (χ1) is 10.1. The molecule has 0 radical (unpaired) electrons. The summed E-state index contributed by atoms with van der Waals surface area (Å²) in [7, 11) is 0. The van der Waals surface area contributed by atoms with Crippen LogP contribution >= 0.6 is 23.2 Å². The maximum atomic E-state index is 11.9. The molecule has 2 aromatic rings. The van der Waals surface area contributed by atoms with Crippen molar-refractivity contribution >= 4 is 29.1 Å². The van der Waals surface area contributed by atoms with Crippen LogP contribution in [0.5, 0.6) is 0 Å². The number of carbonyl (C=O) groups is 1. The van der Waals surface area contributed by atoms with Crippen molar-refractivity contribution in [2.75, 3.05) is 6.54 Å². The van der Waals surface area contributed by atoms with Crippen molar-refractivity contribution in [2.24, 2.45) is 5.92 Å². The Morgan fingerprint density at radius 3 is 2.90 bits per heavy atom. The molecule has 1 saturated carbocycles. The van der Waals surface area contributed by atoms with Crippen LogP contribution < -0.4 is 5.32 Å². The van der Waals surface area contributed by atoms with Crippen LogP contribution in [0.1, 0.15) is 28.4 Å². The number of carbonyl (C=O) groups excluding carboxylic acids is 1. The summed E-state index contributed by atoms with van der Waals surface area (Å²) < 4.78 is 0. The van der Waals surface area contributed by atoms with Crippen LogP contribution in [0, 0.1) is 5.92 Å². The molecule has 1 fully saturated rings. The van der Waals surface area contributed by atoms with Gasteiger partial charge in [-0.15, -0.1) is 5.10 Å². The van der Waals surface area contributed by atoms with Gasteiger partial charge in [0.15, 0.2) is 5.69 Å². The molecule has 6 heteroatoms. The van der Waals surface area contributed by atoms with E-state index in [0.717, 1.165) is 12.0 Å². The first kappa shape index (κ1) is 14.3. The Hall–Kier alpha value is -1.65. The molecule has 108 valence electrons. The first-order valence-electron chi connectivity index (χ1n) is 6.66. The van der Waals surface area contributed by atoms with Crippen molar-refractivity contribution in [3.63, 3.8) is 0 Å². The zero-order chi connectivity index (χ0) is 14.8. The SMILES string of the molecule is O=C(NC[C@H]1C[C@@H]1c1ccc(Cl)cc1Cl)c1cccnn1. The summed E-state index contributed by atoms with van der Waals surface area (Å²) in [6, 6.07) is 8.89. The fraction of sp³-hybridized carbons (Fsp3) is 0.267. The minimum absolute atomic E-state index is 0.198. The second-order valence-electron chi connectivity index (χ2n) is 5.09. The number of hydrogen-bond acceptors (Lipinski definition) is 3. The number of nitrogens with zero attached hydrogens (tertiary/aromatic N) is 2. The molecule has 0 spiro atoms. The fourth-order valence-electron chi connectivity index (χ4n) is 2.39. The zero-order valence-corrected chi connectivity index (χ0v) is 12.6. The molecule has 1 aliphatic carbocycles. The topological polar surface area (TPSA) is 54.9 Å². The van der Waals surface area contributed by atoms with Gasteiger partial charge in [0.2, 0.25) is 0 Å². The van der Waals surface area contributed by atoms with Gasteiger partial charge in [-0.05, 0) is 48.1 Å². The Bertz CT molecular complexity index is 663. The lowest BCUT2D eigenvalue weighted by molar-refractivity contribution is 0.0945. The largest absolute Gasteiger partial charge is 0.350 e. The van der Waals surface area contributed by atoms with Crippen LogP contribution in [0.3, 0.4) is 0 Å². The van der Waals surface area contributed by atoms with Crippen molar-refractivity contribution in [2.45, 2.75) is 12.3 Å². The molecule has 21 heavy (non-hydrogen) atoms. The van der Waals surface area contributed by atoms with Gasteiger partial charge in [0, 0.05) is 22.8 Å². The molecule has 0 unspecified atom stereocenters. The number of nitrogens with one attached hydrogen (secondary N) is 1. The lowest BCUT2D eigenvalue weighted by Crippen LogP contribution is -2.26. The third-order valence-electron chi connectivity index (χ3n) is 3.61. The van der Waals surface area contributed by atoms with Crippen LogP contribution in [0.4, 0.5) is 0 Å². The summed E-state index contributed by atoms with van der Waals surface area (Å²) in [6.45, 7) is 0.610. The molecular weight excluding hydrogens is 309 g/mol. The number of hydrogen-bond donors (Lipinski definition) is 1. The number of rotatable bonds is 4. The highest BCUT2D eigenvalue weighted by atomic mass is 35.5. The van der Waals surface area contributed by atoms with E-state index in [-0.39, 0.29) is 5.91 Å². The molecule has 1 aromatic carbocycles. The summed E-state index contributed by atoms with van der Waals surface area (Å²) in [4.78, 5) is 11.9. The number of aromatic nitrogens is 2. The molecule has 0 aliphatic heterocycles. The second kappa shape index (κ2) is 6.00. The highest BCUT2D eigenvalue weighted by Gasteiger charge is 2.39. The smallest absolute Gasteiger partial charge is 0.271 e. The van der Waals surface area contributed by atoms with Crippen molar-refractivity contribution < 1.29 is 4.79 Å². The molecule has 1 amide bonds. The molecule has 0 bridgehead atoms. The molecular formula is C15H13Cl2N3O. The molecule has 1 heterocycles. The van der Waals surface area contributed by atoms with Gasteiger partial charge in [-0.25, -0.2) is 0 Å². The lowest BCUT2D eigenvalue weighted by Gasteiger charge is -2.06. The van der Waals surface area contributed by atoms with Crippen LogP contribution in [0.15, 0.2) is 36.5 Å². The van der Waals surface area contributed by atoms with Gasteiger partial charge in [0.05, 0.1) is 0 Å². The van der Waals surface area contributed by atoms with Crippen LogP contribution in [-0.2, 0) is 0 Å². The molecule has 3 rings (SSSR count). The molecule has 4 nitrogen and oxygen atoms in total. The van der Waals surface area contributed by atoms with Crippen LogP contribution in [0.25, 0.3) is 0 Å². The Morgan fingerprint density at radius 1 is 1.33 bits per heavy atom. The highest BCUT2D eigenvalue weighted by molar-refractivity contribution is 6.35. The standard InChI is InChI=1S/C15H13Cl2N3O/c16-10-3-4-11(13(17)7-10)12-6-9(12)8-18-15(21)14-2-1-5-19-20-14/h1-5,7,9,12H,6,8H2,(H,18,21)/t9-,12+/m1/s1. The van der Waals surface area contributed by atoms with Crippen molar-refractivity contribution in [3.05, 3.63) is 57.8 Å². The van der Waals surface area contributed by atoms with Gasteiger partial charge < -0.3 is 5.32 Å². The minimum Gasteiger partial charge on any atom is -0.350 e. The Balaban J connectivity index is 1.56. The van der Waals surface area contributed by atoms with Crippen LogP contribution in [0.2, 0.25) is 10.0 Å². The molecule has 1 aromatic heterocycles. The maximum absolute atomic E-state index is 11.9. The third-order valence-corrected chi connectivity index (χ3v) is 4.18. The Labute approximate surface area is 132 Å². The van der Waals surface area contributed by atoms with Gasteiger partial charge >= 0.3 is 0 Å². The zero-order valence-electron chi connectivity index (χ0n) is 11.1. The van der Waals surface area contributed by atoms with Crippen molar-refractivity contribution in [3.8, 4) is 0 Å².